The predicted octanol–water partition coefficient (Wildman–Crippen LogP) is 2.61. The van der Waals surface area contributed by atoms with Crippen molar-refractivity contribution in [2.45, 2.75) is 39.7 Å². The van der Waals surface area contributed by atoms with Gasteiger partial charge in [0, 0.05) is 0 Å². The summed E-state index contributed by atoms with van der Waals surface area (Å²) in [6.45, 7) is 6.59. The lowest BCUT2D eigenvalue weighted by atomic mass is 9.89. The van der Waals surface area contributed by atoms with Crippen molar-refractivity contribution < 1.29 is 0 Å². The Labute approximate surface area is 91.8 Å². The normalized spacial score (nSPS) is 20.0. The first kappa shape index (κ1) is 10.7. The molecular formula is C13H20N2. The van der Waals surface area contributed by atoms with Crippen LogP contribution in [0.3, 0.4) is 0 Å². The quantitative estimate of drug-likeness (QED) is 0.586. The lowest BCUT2D eigenvalue weighted by molar-refractivity contribution is 0.371. The van der Waals surface area contributed by atoms with Crippen molar-refractivity contribution in [3.05, 3.63) is 34.9 Å². The average molecular weight is 204 g/mol. The molecule has 1 aromatic rings. The minimum absolute atomic E-state index is 0.304. The second-order valence-electron chi connectivity index (χ2n) is 5.11. The van der Waals surface area contributed by atoms with Crippen LogP contribution in [0, 0.1) is 19.3 Å². The summed E-state index contributed by atoms with van der Waals surface area (Å²) in [5, 5.41) is 0. The number of benzene rings is 1. The van der Waals surface area contributed by atoms with Crippen LogP contribution in [0.1, 0.15) is 42.5 Å². The van der Waals surface area contributed by atoms with Crippen molar-refractivity contribution in [1.29, 1.82) is 0 Å². The van der Waals surface area contributed by atoms with Gasteiger partial charge in [0.2, 0.25) is 0 Å². The Morgan fingerprint density at radius 3 is 2.47 bits per heavy atom. The summed E-state index contributed by atoms with van der Waals surface area (Å²) in [5.74, 6) is 5.69. The molecule has 0 heterocycles. The molecule has 0 saturated heterocycles. The van der Waals surface area contributed by atoms with Gasteiger partial charge in [0.25, 0.3) is 0 Å². The Kier molecular flexibility index (Phi) is 2.57. The van der Waals surface area contributed by atoms with Crippen LogP contribution in [0.4, 0.5) is 0 Å². The summed E-state index contributed by atoms with van der Waals surface area (Å²) < 4.78 is 0. The van der Waals surface area contributed by atoms with Crippen molar-refractivity contribution in [3.63, 3.8) is 0 Å². The zero-order chi connectivity index (χ0) is 11.1. The first-order chi connectivity index (χ1) is 7.07. The van der Waals surface area contributed by atoms with Crippen LogP contribution < -0.4 is 11.3 Å². The Morgan fingerprint density at radius 2 is 2.00 bits per heavy atom. The van der Waals surface area contributed by atoms with Gasteiger partial charge in [0.05, 0.1) is 6.04 Å². The van der Waals surface area contributed by atoms with Crippen LogP contribution in [-0.2, 0) is 0 Å². The van der Waals surface area contributed by atoms with Gasteiger partial charge < -0.3 is 0 Å². The second kappa shape index (κ2) is 3.62. The van der Waals surface area contributed by atoms with Gasteiger partial charge in [0.1, 0.15) is 0 Å². The van der Waals surface area contributed by atoms with Gasteiger partial charge in [-0.3, -0.25) is 11.3 Å². The predicted molar refractivity (Wildman–Crippen MR) is 63.3 cm³/mol. The average Bonchev–Trinajstić information content (AvgIpc) is 2.90. The molecule has 1 atom stereocenters. The third kappa shape index (κ3) is 1.92. The van der Waals surface area contributed by atoms with Gasteiger partial charge in [-0.05, 0) is 43.2 Å². The first-order valence-electron chi connectivity index (χ1n) is 5.60. The molecule has 0 spiro atoms. The number of aryl methyl sites for hydroxylation is 2. The number of nitrogens with two attached hydrogens (primary N) is 1. The van der Waals surface area contributed by atoms with E-state index in [9.17, 15) is 0 Å². The molecule has 2 heteroatoms. The molecule has 1 saturated carbocycles. The Hall–Kier alpha value is -0.860. The van der Waals surface area contributed by atoms with Crippen molar-refractivity contribution in [2.75, 3.05) is 0 Å². The molecule has 82 valence electrons. The zero-order valence-corrected chi connectivity index (χ0v) is 9.80. The highest BCUT2D eigenvalue weighted by atomic mass is 15.2. The molecule has 0 aromatic heterocycles. The van der Waals surface area contributed by atoms with Gasteiger partial charge in [-0.25, -0.2) is 0 Å². The van der Waals surface area contributed by atoms with E-state index >= 15 is 0 Å². The molecule has 1 aliphatic rings. The highest BCUT2D eigenvalue weighted by Gasteiger charge is 2.45. The third-order valence-corrected chi connectivity index (χ3v) is 3.64. The molecule has 1 fully saturated rings. The fourth-order valence-corrected chi connectivity index (χ4v) is 2.30. The molecule has 1 aromatic carbocycles. The largest absolute Gasteiger partial charge is 0.271 e. The minimum Gasteiger partial charge on any atom is -0.271 e. The number of rotatable bonds is 3. The van der Waals surface area contributed by atoms with Gasteiger partial charge in [-0.15, -0.1) is 0 Å². The SMILES string of the molecule is Cc1ccc(C(NN)C2(C)CC2)c(C)c1. The van der Waals surface area contributed by atoms with Gasteiger partial charge in [-0.2, -0.15) is 0 Å². The standard InChI is InChI=1S/C13H20N2/c1-9-4-5-11(10(2)8-9)12(15-14)13(3)6-7-13/h4-5,8,12,15H,6-7,14H2,1-3H3. The number of hydrazine groups is 1. The Balaban J connectivity index is 2.34. The Bertz CT molecular complexity index is 367. The van der Waals surface area contributed by atoms with Gasteiger partial charge in [0.15, 0.2) is 0 Å². The van der Waals surface area contributed by atoms with Crippen molar-refractivity contribution in [1.82, 2.24) is 5.43 Å². The van der Waals surface area contributed by atoms with Crippen LogP contribution in [0.15, 0.2) is 18.2 Å². The van der Waals surface area contributed by atoms with E-state index in [0.717, 1.165) is 0 Å². The van der Waals surface area contributed by atoms with E-state index in [1.54, 1.807) is 0 Å². The van der Waals surface area contributed by atoms with Gasteiger partial charge >= 0.3 is 0 Å². The molecule has 0 aliphatic heterocycles. The lowest BCUT2D eigenvalue weighted by Gasteiger charge is -2.25. The molecule has 0 bridgehead atoms. The summed E-state index contributed by atoms with van der Waals surface area (Å²) in [6.07, 6.45) is 2.55. The highest BCUT2D eigenvalue weighted by Crippen LogP contribution is 2.54. The van der Waals surface area contributed by atoms with E-state index in [-0.39, 0.29) is 0 Å². The fraction of sp³-hybridized carbons (Fsp3) is 0.538. The zero-order valence-electron chi connectivity index (χ0n) is 9.80. The molecule has 3 N–H and O–H groups in total. The van der Waals surface area contributed by atoms with Crippen LogP contribution in [0.2, 0.25) is 0 Å². The maximum Gasteiger partial charge on any atom is 0.0516 e. The molecule has 2 nitrogen and oxygen atoms in total. The maximum absolute atomic E-state index is 5.69. The minimum atomic E-state index is 0.304. The second-order valence-corrected chi connectivity index (χ2v) is 5.11. The molecule has 15 heavy (non-hydrogen) atoms. The van der Waals surface area contributed by atoms with Crippen molar-refractivity contribution >= 4 is 0 Å². The summed E-state index contributed by atoms with van der Waals surface area (Å²) in [4.78, 5) is 0. The fourth-order valence-electron chi connectivity index (χ4n) is 2.30. The van der Waals surface area contributed by atoms with Gasteiger partial charge in [-0.1, -0.05) is 30.7 Å². The topological polar surface area (TPSA) is 38.0 Å². The Morgan fingerprint density at radius 1 is 1.33 bits per heavy atom. The molecule has 2 rings (SSSR count). The molecule has 0 radical (unpaired) electrons. The maximum atomic E-state index is 5.69. The summed E-state index contributed by atoms with van der Waals surface area (Å²) in [5.41, 5.74) is 7.35. The van der Waals surface area contributed by atoms with E-state index in [1.165, 1.54) is 29.5 Å². The third-order valence-electron chi connectivity index (χ3n) is 3.64. The van der Waals surface area contributed by atoms with E-state index in [2.05, 4.69) is 44.4 Å². The number of hydrogen-bond acceptors (Lipinski definition) is 2. The lowest BCUT2D eigenvalue weighted by Crippen LogP contribution is -2.33. The van der Waals surface area contributed by atoms with Crippen LogP contribution in [-0.4, -0.2) is 0 Å². The summed E-state index contributed by atoms with van der Waals surface area (Å²) in [6, 6.07) is 6.90. The van der Waals surface area contributed by atoms with Crippen molar-refractivity contribution in [3.8, 4) is 0 Å². The first-order valence-corrected chi connectivity index (χ1v) is 5.60. The molecule has 0 amide bonds. The van der Waals surface area contributed by atoms with Crippen molar-refractivity contribution in [2.24, 2.45) is 11.3 Å². The van der Waals surface area contributed by atoms with Crippen LogP contribution in [0.25, 0.3) is 0 Å². The highest BCUT2D eigenvalue weighted by molar-refractivity contribution is 5.34. The van der Waals surface area contributed by atoms with E-state index in [0.29, 0.717) is 11.5 Å². The van der Waals surface area contributed by atoms with E-state index in [1.807, 2.05) is 0 Å². The smallest absolute Gasteiger partial charge is 0.0516 e. The molecule has 1 aliphatic carbocycles. The monoisotopic (exact) mass is 204 g/mol. The summed E-state index contributed by atoms with van der Waals surface area (Å²) >= 11 is 0. The summed E-state index contributed by atoms with van der Waals surface area (Å²) in [7, 11) is 0. The number of nitrogens with one attached hydrogen (secondary N) is 1. The van der Waals surface area contributed by atoms with E-state index in [4.69, 9.17) is 5.84 Å². The number of hydrogen-bond donors (Lipinski definition) is 2. The molecular weight excluding hydrogens is 184 g/mol. The van der Waals surface area contributed by atoms with E-state index < -0.39 is 0 Å². The van der Waals surface area contributed by atoms with Crippen LogP contribution in [0.5, 0.6) is 0 Å². The molecule has 1 unspecified atom stereocenters. The van der Waals surface area contributed by atoms with Crippen LogP contribution >= 0.6 is 0 Å².